The lowest BCUT2D eigenvalue weighted by molar-refractivity contribution is 0.0935. The molecule has 1 amide bonds. The van der Waals surface area contributed by atoms with Crippen LogP contribution in [0.15, 0.2) is 29.6 Å². The van der Waals surface area contributed by atoms with Gasteiger partial charge in [-0.05, 0) is 19.4 Å². The van der Waals surface area contributed by atoms with Crippen LogP contribution in [-0.4, -0.2) is 10.9 Å². The lowest BCUT2D eigenvalue weighted by Gasteiger charge is -2.13. The number of benzene rings is 1. The Kier molecular flexibility index (Phi) is 4.29. The summed E-state index contributed by atoms with van der Waals surface area (Å²) in [4.78, 5) is 16.2. The molecule has 0 bridgehead atoms. The van der Waals surface area contributed by atoms with E-state index in [1.807, 2.05) is 38.1 Å². The minimum absolute atomic E-state index is 0.0453. The molecular formula is C14H17N3OS. The molecule has 0 fully saturated rings. The van der Waals surface area contributed by atoms with Gasteiger partial charge in [-0.1, -0.05) is 29.8 Å². The number of carbonyl (C=O) groups is 1. The highest BCUT2D eigenvalue weighted by molar-refractivity contribution is 7.09. The van der Waals surface area contributed by atoms with Gasteiger partial charge in [0.2, 0.25) is 0 Å². The average Bonchev–Trinajstić information content (AvgIpc) is 2.88. The fourth-order valence-corrected chi connectivity index (χ4v) is 2.37. The zero-order valence-corrected chi connectivity index (χ0v) is 11.8. The summed E-state index contributed by atoms with van der Waals surface area (Å²) in [6.45, 7) is 4.36. The number of carbonyl (C=O) groups excluding carboxylic acids is 1. The van der Waals surface area contributed by atoms with Crippen LogP contribution < -0.4 is 11.1 Å². The van der Waals surface area contributed by atoms with Gasteiger partial charge in [-0.15, -0.1) is 11.3 Å². The molecule has 1 aromatic heterocycles. The summed E-state index contributed by atoms with van der Waals surface area (Å²) >= 11 is 1.41. The number of thiazole rings is 1. The van der Waals surface area contributed by atoms with Crippen LogP contribution in [0.4, 0.5) is 0 Å². The predicted octanol–water partition coefficient (Wildman–Crippen LogP) is 2.40. The molecule has 1 atom stereocenters. The third-order valence-electron chi connectivity index (χ3n) is 2.88. The second kappa shape index (κ2) is 5.95. The first-order valence-corrected chi connectivity index (χ1v) is 7.00. The molecule has 19 heavy (non-hydrogen) atoms. The van der Waals surface area contributed by atoms with Gasteiger partial charge in [-0.25, -0.2) is 4.98 Å². The van der Waals surface area contributed by atoms with Crippen molar-refractivity contribution in [3.8, 4) is 0 Å². The van der Waals surface area contributed by atoms with Crippen molar-refractivity contribution in [3.05, 3.63) is 51.5 Å². The molecule has 0 unspecified atom stereocenters. The Labute approximate surface area is 116 Å². The minimum Gasteiger partial charge on any atom is -0.344 e. The van der Waals surface area contributed by atoms with Gasteiger partial charge in [0.05, 0.1) is 6.04 Å². The first-order valence-electron chi connectivity index (χ1n) is 6.12. The normalized spacial score (nSPS) is 12.2. The van der Waals surface area contributed by atoms with E-state index in [1.165, 1.54) is 16.9 Å². The van der Waals surface area contributed by atoms with Crippen molar-refractivity contribution in [3.63, 3.8) is 0 Å². The van der Waals surface area contributed by atoms with Crippen LogP contribution >= 0.6 is 11.3 Å². The van der Waals surface area contributed by atoms with Gasteiger partial charge in [-0.3, -0.25) is 4.79 Å². The molecule has 5 heteroatoms. The molecule has 2 aromatic rings. The number of rotatable bonds is 4. The van der Waals surface area contributed by atoms with Crippen molar-refractivity contribution < 1.29 is 4.79 Å². The van der Waals surface area contributed by atoms with E-state index in [1.54, 1.807) is 5.38 Å². The molecule has 3 N–H and O–H groups in total. The fraction of sp³-hybridized carbons (Fsp3) is 0.286. The van der Waals surface area contributed by atoms with Gasteiger partial charge in [-0.2, -0.15) is 0 Å². The van der Waals surface area contributed by atoms with Crippen molar-refractivity contribution in [1.82, 2.24) is 10.3 Å². The molecule has 1 heterocycles. The molecule has 0 radical (unpaired) electrons. The summed E-state index contributed by atoms with van der Waals surface area (Å²) in [5.74, 6) is -0.163. The number of aryl methyl sites for hydroxylation is 1. The smallest absolute Gasteiger partial charge is 0.271 e. The monoisotopic (exact) mass is 275 g/mol. The van der Waals surface area contributed by atoms with E-state index in [4.69, 9.17) is 5.73 Å². The van der Waals surface area contributed by atoms with E-state index >= 15 is 0 Å². The lowest BCUT2D eigenvalue weighted by Crippen LogP contribution is -2.27. The summed E-state index contributed by atoms with van der Waals surface area (Å²) in [5, 5.41) is 5.44. The first kappa shape index (κ1) is 13.7. The Hall–Kier alpha value is -1.72. The number of hydrogen-bond acceptors (Lipinski definition) is 4. The molecule has 100 valence electrons. The van der Waals surface area contributed by atoms with Gasteiger partial charge in [0, 0.05) is 11.9 Å². The van der Waals surface area contributed by atoms with Crippen molar-refractivity contribution in [2.45, 2.75) is 26.4 Å². The standard InChI is InChI=1S/C14H17N3OS/c1-9-3-5-11(6-4-9)10(2)16-14(18)12-8-19-13(7-15)17-12/h3-6,8,10H,7,15H2,1-2H3,(H,16,18)/t10-/m1/s1. The predicted molar refractivity (Wildman–Crippen MR) is 77.1 cm³/mol. The van der Waals surface area contributed by atoms with Crippen molar-refractivity contribution in [2.75, 3.05) is 0 Å². The highest BCUT2D eigenvalue weighted by Crippen LogP contribution is 2.15. The summed E-state index contributed by atoms with van der Waals surface area (Å²) in [5.41, 5.74) is 8.20. The van der Waals surface area contributed by atoms with E-state index in [9.17, 15) is 4.79 Å². The van der Waals surface area contributed by atoms with E-state index in [0.717, 1.165) is 10.6 Å². The topological polar surface area (TPSA) is 68.0 Å². The van der Waals surface area contributed by atoms with Gasteiger partial charge < -0.3 is 11.1 Å². The summed E-state index contributed by atoms with van der Waals surface area (Å²) in [6.07, 6.45) is 0. The maximum atomic E-state index is 12.0. The average molecular weight is 275 g/mol. The Morgan fingerprint density at radius 1 is 1.42 bits per heavy atom. The maximum absolute atomic E-state index is 12.0. The van der Waals surface area contributed by atoms with Crippen LogP contribution in [0.2, 0.25) is 0 Å². The minimum atomic E-state index is -0.163. The number of hydrogen-bond donors (Lipinski definition) is 2. The summed E-state index contributed by atoms with van der Waals surface area (Å²) in [7, 11) is 0. The van der Waals surface area contributed by atoms with Crippen LogP contribution in [0, 0.1) is 6.92 Å². The van der Waals surface area contributed by atoms with E-state index < -0.39 is 0 Å². The zero-order valence-electron chi connectivity index (χ0n) is 11.0. The molecular weight excluding hydrogens is 258 g/mol. The van der Waals surface area contributed by atoms with Gasteiger partial charge >= 0.3 is 0 Å². The highest BCUT2D eigenvalue weighted by Gasteiger charge is 2.14. The zero-order chi connectivity index (χ0) is 13.8. The molecule has 4 nitrogen and oxygen atoms in total. The second-order valence-corrected chi connectivity index (χ2v) is 5.38. The molecule has 2 rings (SSSR count). The van der Waals surface area contributed by atoms with Crippen molar-refractivity contribution >= 4 is 17.2 Å². The number of nitrogens with zero attached hydrogens (tertiary/aromatic N) is 1. The number of nitrogens with two attached hydrogens (primary N) is 1. The molecule has 0 aliphatic rings. The van der Waals surface area contributed by atoms with Gasteiger partial charge in [0.15, 0.2) is 0 Å². The molecule has 1 aromatic carbocycles. The third kappa shape index (κ3) is 3.39. The highest BCUT2D eigenvalue weighted by atomic mass is 32.1. The maximum Gasteiger partial charge on any atom is 0.271 e. The van der Waals surface area contributed by atoms with Crippen molar-refractivity contribution in [2.24, 2.45) is 5.73 Å². The second-order valence-electron chi connectivity index (χ2n) is 4.44. The molecule has 0 aliphatic carbocycles. The Morgan fingerprint density at radius 3 is 2.68 bits per heavy atom. The number of aromatic nitrogens is 1. The molecule has 0 saturated heterocycles. The van der Waals surface area contributed by atoms with Crippen LogP contribution in [0.1, 0.15) is 39.6 Å². The summed E-state index contributed by atoms with van der Waals surface area (Å²) in [6, 6.07) is 8.07. The molecule has 0 spiro atoms. The fourth-order valence-electron chi connectivity index (χ4n) is 1.72. The number of amides is 1. The Morgan fingerprint density at radius 2 is 2.11 bits per heavy atom. The SMILES string of the molecule is Cc1ccc([C@@H](C)NC(=O)c2csc(CN)n2)cc1. The molecule has 0 aliphatic heterocycles. The lowest BCUT2D eigenvalue weighted by atomic mass is 10.1. The third-order valence-corrected chi connectivity index (χ3v) is 3.76. The first-order chi connectivity index (χ1) is 9.10. The van der Waals surface area contributed by atoms with Crippen LogP contribution in [0.3, 0.4) is 0 Å². The van der Waals surface area contributed by atoms with E-state index in [-0.39, 0.29) is 11.9 Å². The van der Waals surface area contributed by atoms with Crippen LogP contribution in [-0.2, 0) is 6.54 Å². The van der Waals surface area contributed by atoms with Crippen LogP contribution in [0.25, 0.3) is 0 Å². The number of nitrogens with one attached hydrogen (secondary N) is 1. The van der Waals surface area contributed by atoms with Gasteiger partial charge in [0.25, 0.3) is 5.91 Å². The van der Waals surface area contributed by atoms with E-state index in [0.29, 0.717) is 12.2 Å². The van der Waals surface area contributed by atoms with E-state index in [2.05, 4.69) is 10.3 Å². The molecule has 0 saturated carbocycles. The van der Waals surface area contributed by atoms with Gasteiger partial charge in [0.1, 0.15) is 10.7 Å². The Bertz CT molecular complexity index is 562. The van der Waals surface area contributed by atoms with Crippen LogP contribution in [0.5, 0.6) is 0 Å². The Balaban J connectivity index is 2.04. The largest absolute Gasteiger partial charge is 0.344 e. The quantitative estimate of drug-likeness (QED) is 0.900. The van der Waals surface area contributed by atoms with Crippen molar-refractivity contribution in [1.29, 1.82) is 0 Å². The summed E-state index contributed by atoms with van der Waals surface area (Å²) < 4.78 is 0.